The fraction of sp³-hybridized carbons (Fsp3) is 0.452. The Hall–Kier alpha value is -3.76. The minimum Gasteiger partial charge on any atom is -0.495 e. The standard InChI is InChI=1S/C31H36FN3O6/c1-39-27-17-20(9-14-25(27)34-29(37)26-19-22-7-3-4-8-24(22)33-26)18-28(36)31(32,35-15-5-6-16-35)41-23-12-10-21(11-13-23)30(38)40-2/h3-4,7-9,14,17,19,21,23,33H,5-6,10-13,15-16,18H2,1-2H3,(H,34,37)/t21-,23-,31?. The van der Waals surface area contributed by atoms with Crippen LogP contribution in [0.2, 0.25) is 0 Å². The Labute approximate surface area is 238 Å². The maximum atomic E-state index is 16.6. The number of benzene rings is 2. The molecule has 10 heteroatoms. The lowest BCUT2D eigenvalue weighted by atomic mass is 9.87. The highest BCUT2D eigenvalue weighted by Gasteiger charge is 2.48. The van der Waals surface area contributed by atoms with E-state index in [-0.39, 0.29) is 24.2 Å². The van der Waals surface area contributed by atoms with Gasteiger partial charge in [-0.3, -0.25) is 14.4 Å². The quantitative estimate of drug-likeness (QED) is 0.263. The fourth-order valence-electron chi connectivity index (χ4n) is 5.75. The average Bonchev–Trinajstić information content (AvgIpc) is 3.69. The number of aromatic amines is 1. The maximum Gasteiger partial charge on any atom is 0.330 e. The average molecular weight is 566 g/mol. The summed E-state index contributed by atoms with van der Waals surface area (Å²) in [6.45, 7) is 0.865. The summed E-state index contributed by atoms with van der Waals surface area (Å²) in [6, 6.07) is 14.3. The number of methoxy groups -OCH3 is 2. The number of halogens is 1. The van der Waals surface area contributed by atoms with Gasteiger partial charge >= 0.3 is 11.9 Å². The molecule has 3 aromatic rings. The summed E-state index contributed by atoms with van der Waals surface area (Å²) in [4.78, 5) is 42.9. The number of nitrogens with one attached hydrogen (secondary N) is 2. The van der Waals surface area contributed by atoms with Crippen LogP contribution in [-0.2, 0) is 25.5 Å². The summed E-state index contributed by atoms with van der Waals surface area (Å²) in [5, 5.41) is 3.77. The molecule has 0 spiro atoms. The molecule has 2 N–H and O–H groups in total. The highest BCUT2D eigenvalue weighted by molar-refractivity contribution is 6.06. The Morgan fingerprint density at radius 2 is 1.76 bits per heavy atom. The number of likely N-dealkylation sites (tertiary alicyclic amines) is 1. The van der Waals surface area contributed by atoms with E-state index >= 15 is 4.39 Å². The second-order valence-corrected chi connectivity index (χ2v) is 10.7. The molecule has 1 aromatic heterocycles. The number of hydrogen-bond acceptors (Lipinski definition) is 7. The van der Waals surface area contributed by atoms with E-state index in [0.29, 0.717) is 61.5 Å². The number of anilines is 1. The van der Waals surface area contributed by atoms with E-state index < -0.39 is 17.9 Å². The molecule has 0 bridgehead atoms. The van der Waals surface area contributed by atoms with Crippen molar-refractivity contribution in [2.75, 3.05) is 32.6 Å². The Kier molecular flexibility index (Phi) is 8.70. The van der Waals surface area contributed by atoms with Crippen molar-refractivity contribution in [2.24, 2.45) is 5.92 Å². The topological polar surface area (TPSA) is 110 Å². The zero-order chi connectivity index (χ0) is 29.0. The van der Waals surface area contributed by atoms with E-state index in [2.05, 4.69) is 10.3 Å². The molecule has 0 radical (unpaired) electrons. The normalized spacial score (nSPS) is 20.9. The number of para-hydroxylation sites is 1. The van der Waals surface area contributed by atoms with E-state index in [1.807, 2.05) is 24.3 Å². The van der Waals surface area contributed by atoms with Crippen LogP contribution in [-0.4, -0.2) is 66.9 Å². The fourth-order valence-corrected chi connectivity index (χ4v) is 5.75. The number of carbonyl (C=O) groups is 3. The van der Waals surface area contributed by atoms with Crippen molar-refractivity contribution in [3.63, 3.8) is 0 Å². The second-order valence-electron chi connectivity index (χ2n) is 10.7. The summed E-state index contributed by atoms with van der Waals surface area (Å²) in [7, 11) is 2.83. The van der Waals surface area contributed by atoms with Gasteiger partial charge in [0.15, 0.2) is 0 Å². The number of nitrogens with zero attached hydrogens (tertiary/aromatic N) is 1. The van der Waals surface area contributed by atoms with Crippen LogP contribution in [0.25, 0.3) is 10.9 Å². The van der Waals surface area contributed by atoms with Crippen molar-refractivity contribution < 1.29 is 33.0 Å². The van der Waals surface area contributed by atoms with Crippen LogP contribution < -0.4 is 10.1 Å². The SMILES string of the molecule is COc1cc(CC(=O)C(F)(O[C@H]2CC[C@H](C(=O)OC)CC2)N2CCCC2)ccc1NC(=O)c1cc2ccccc2[nH]1. The van der Waals surface area contributed by atoms with E-state index in [1.165, 1.54) is 19.1 Å². The first kappa shape index (κ1) is 28.8. The number of hydrogen-bond donors (Lipinski definition) is 2. The summed E-state index contributed by atoms with van der Waals surface area (Å²) in [6.07, 6.45) is 2.91. The van der Waals surface area contributed by atoms with Crippen LogP contribution in [0.15, 0.2) is 48.5 Å². The number of esters is 1. The van der Waals surface area contributed by atoms with Gasteiger partial charge in [-0.2, -0.15) is 4.39 Å². The number of amides is 1. The third kappa shape index (κ3) is 6.28. The second kappa shape index (κ2) is 12.4. The van der Waals surface area contributed by atoms with Crippen LogP contribution in [0, 0.1) is 5.92 Å². The summed E-state index contributed by atoms with van der Waals surface area (Å²) < 4.78 is 32.8. The van der Waals surface area contributed by atoms with Crippen LogP contribution >= 0.6 is 0 Å². The van der Waals surface area contributed by atoms with Crippen LogP contribution in [0.4, 0.5) is 10.1 Å². The van der Waals surface area contributed by atoms with Crippen molar-refractivity contribution in [2.45, 2.75) is 57.0 Å². The molecule has 9 nitrogen and oxygen atoms in total. The molecule has 1 aliphatic heterocycles. The molecular weight excluding hydrogens is 529 g/mol. The molecule has 2 aliphatic rings. The number of ketones is 1. The van der Waals surface area contributed by atoms with Gasteiger partial charge in [-0.15, -0.1) is 0 Å². The van der Waals surface area contributed by atoms with Gasteiger partial charge in [0, 0.05) is 30.4 Å². The molecule has 1 amide bonds. The van der Waals surface area contributed by atoms with Crippen molar-refractivity contribution in [1.29, 1.82) is 0 Å². The molecule has 1 aliphatic carbocycles. The molecule has 1 saturated heterocycles. The third-order valence-electron chi connectivity index (χ3n) is 8.04. The van der Waals surface area contributed by atoms with Gasteiger partial charge in [0.2, 0.25) is 5.78 Å². The van der Waals surface area contributed by atoms with E-state index in [1.54, 1.807) is 24.3 Å². The van der Waals surface area contributed by atoms with Gasteiger partial charge < -0.3 is 24.5 Å². The Balaban J connectivity index is 1.28. The highest BCUT2D eigenvalue weighted by atomic mass is 19.2. The van der Waals surface area contributed by atoms with E-state index in [0.717, 1.165) is 23.7 Å². The van der Waals surface area contributed by atoms with Crippen LogP contribution in [0.1, 0.15) is 54.6 Å². The van der Waals surface area contributed by atoms with Crippen molar-refractivity contribution in [3.05, 3.63) is 59.8 Å². The minimum absolute atomic E-state index is 0.211. The van der Waals surface area contributed by atoms with Gasteiger partial charge in [-0.25, -0.2) is 4.90 Å². The molecule has 218 valence electrons. The minimum atomic E-state index is -2.56. The molecule has 41 heavy (non-hydrogen) atoms. The number of rotatable bonds is 10. The number of Topliss-reactive ketones (excluding diaryl/α,β-unsaturated/α-hetero) is 1. The van der Waals surface area contributed by atoms with Crippen molar-refractivity contribution >= 4 is 34.3 Å². The van der Waals surface area contributed by atoms with Crippen LogP contribution in [0.3, 0.4) is 0 Å². The zero-order valence-electron chi connectivity index (χ0n) is 23.4. The predicted molar refractivity (Wildman–Crippen MR) is 151 cm³/mol. The number of carbonyl (C=O) groups excluding carboxylic acids is 3. The number of ether oxygens (including phenoxy) is 3. The lowest BCUT2D eigenvalue weighted by Gasteiger charge is -2.37. The van der Waals surface area contributed by atoms with Crippen molar-refractivity contribution in [1.82, 2.24) is 9.88 Å². The smallest absolute Gasteiger partial charge is 0.330 e. The summed E-state index contributed by atoms with van der Waals surface area (Å²) in [5.41, 5.74) is 2.22. The van der Waals surface area contributed by atoms with Gasteiger partial charge in [0.05, 0.1) is 31.9 Å². The first-order valence-electron chi connectivity index (χ1n) is 14.1. The Morgan fingerprint density at radius 3 is 2.44 bits per heavy atom. The first-order valence-corrected chi connectivity index (χ1v) is 14.1. The molecule has 2 heterocycles. The molecule has 2 fully saturated rings. The largest absolute Gasteiger partial charge is 0.495 e. The molecule has 1 atom stereocenters. The Morgan fingerprint density at radius 1 is 1.02 bits per heavy atom. The van der Waals surface area contributed by atoms with Gasteiger partial charge in [-0.1, -0.05) is 24.3 Å². The molecular formula is C31H36FN3O6. The van der Waals surface area contributed by atoms with Gasteiger partial charge in [-0.05, 0) is 68.4 Å². The summed E-state index contributed by atoms with van der Waals surface area (Å²) >= 11 is 0. The lowest BCUT2D eigenvalue weighted by Crippen LogP contribution is -2.54. The predicted octanol–water partition coefficient (Wildman–Crippen LogP) is 5.01. The lowest BCUT2D eigenvalue weighted by molar-refractivity contribution is -0.252. The van der Waals surface area contributed by atoms with Crippen molar-refractivity contribution in [3.8, 4) is 5.75 Å². The zero-order valence-corrected chi connectivity index (χ0v) is 23.4. The third-order valence-corrected chi connectivity index (χ3v) is 8.04. The summed E-state index contributed by atoms with van der Waals surface area (Å²) in [5.74, 6) is -3.72. The number of fused-ring (bicyclic) bond motifs is 1. The van der Waals surface area contributed by atoms with Gasteiger partial charge in [0.25, 0.3) is 5.91 Å². The monoisotopic (exact) mass is 565 g/mol. The van der Waals surface area contributed by atoms with E-state index in [9.17, 15) is 14.4 Å². The molecule has 5 rings (SSSR count). The molecule has 1 unspecified atom stereocenters. The van der Waals surface area contributed by atoms with Gasteiger partial charge in [0.1, 0.15) is 11.4 Å². The highest BCUT2D eigenvalue weighted by Crippen LogP contribution is 2.35. The number of alkyl halides is 1. The van der Waals surface area contributed by atoms with E-state index in [4.69, 9.17) is 14.2 Å². The molecule has 1 saturated carbocycles. The Bertz CT molecular complexity index is 1380. The molecule has 2 aromatic carbocycles. The maximum absolute atomic E-state index is 16.6. The number of aromatic nitrogens is 1. The van der Waals surface area contributed by atoms with Crippen LogP contribution in [0.5, 0.6) is 5.75 Å². The first-order chi connectivity index (χ1) is 19.8. The number of H-pyrrole nitrogens is 1.